The van der Waals surface area contributed by atoms with Crippen molar-refractivity contribution in [2.75, 3.05) is 12.4 Å². The van der Waals surface area contributed by atoms with Crippen LogP contribution in [0.25, 0.3) is 10.9 Å². The molecule has 3 aromatic rings. The van der Waals surface area contributed by atoms with Crippen LogP contribution in [-0.4, -0.2) is 24.2 Å². The molecule has 0 spiro atoms. The summed E-state index contributed by atoms with van der Waals surface area (Å²) in [6, 6.07) is 13.7. The lowest BCUT2D eigenvalue weighted by Crippen LogP contribution is -2.14. The molecule has 0 saturated heterocycles. The van der Waals surface area contributed by atoms with E-state index in [1.54, 1.807) is 13.3 Å². The number of fused-ring (bicyclic) bond motifs is 1. The van der Waals surface area contributed by atoms with E-state index in [0.717, 1.165) is 28.7 Å². The number of hydrogen-bond donors (Lipinski definition) is 1. The van der Waals surface area contributed by atoms with Gasteiger partial charge in [-0.15, -0.1) is 0 Å². The third-order valence-electron chi connectivity index (χ3n) is 4.67. The van der Waals surface area contributed by atoms with Crippen LogP contribution in [0.1, 0.15) is 42.6 Å². The number of aryl methyl sites for hydroxylation is 1. The monoisotopic (exact) mass is 378 g/mol. The van der Waals surface area contributed by atoms with Crippen molar-refractivity contribution >= 4 is 28.1 Å². The topological polar surface area (TPSA) is 60.5 Å². The molecule has 1 N–H and O–H groups in total. The molecular formula is C23H26N2O3. The van der Waals surface area contributed by atoms with E-state index in [1.165, 1.54) is 0 Å². The van der Waals surface area contributed by atoms with Gasteiger partial charge in [0.25, 0.3) is 0 Å². The molecule has 0 fully saturated rings. The van der Waals surface area contributed by atoms with Crippen LogP contribution in [0.4, 0.5) is 11.4 Å². The normalized spacial score (nSPS) is 12.0. The summed E-state index contributed by atoms with van der Waals surface area (Å²) in [5.41, 5.74) is 4.09. The van der Waals surface area contributed by atoms with Crippen LogP contribution < -0.4 is 10.1 Å². The second kappa shape index (κ2) is 8.85. The number of rotatable bonds is 8. The minimum atomic E-state index is -0.401. The quantitative estimate of drug-likeness (QED) is 0.406. The van der Waals surface area contributed by atoms with Crippen molar-refractivity contribution in [1.82, 2.24) is 4.98 Å². The van der Waals surface area contributed by atoms with E-state index in [0.29, 0.717) is 23.3 Å². The molecule has 2 aromatic carbocycles. The standard InChI is InChI=1S/C23H26N2O3/c1-5-9-20(26)18-14-24-23-17(11-8-13-21(23)28-16(3)27-4)22(18)25-19-12-7-6-10-15(19)2/h6-8,10-14,16H,5,9H2,1-4H3,(H,24,25). The molecule has 0 aliphatic rings. The molecule has 0 saturated carbocycles. The van der Waals surface area contributed by atoms with Gasteiger partial charge in [0.2, 0.25) is 0 Å². The van der Waals surface area contributed by atoms with Gasteiger partial charge in [0.1, 0.15) is 11.3 Å². The van der Waals surface area contributed by atoms with Gasteiger partial charge in [-0.05, 0) is 38.0 Å². The Kier molecular flexibility index (Phi) is 6.26. The number of Topliss-reactive ketones (excluding diaryl/α,β-unsaturated/α-hetero) is 1. The van der Waals surface area contributed by atoms with Crippen molar-refractivity contribution < 1.29 is 14.3 Å². The molecular weight excluding hydrogens is 352 g/mol. The van der Waals surface area contributed by atoms with Crippen LogP contribution >= 0.6 is 0 Å². The number of nitrogens with one attached hydrogen (secondary N) is 1. The number of benzene rings is 2. The number of hydrogen-bond acceptors (Lipinski definition) is 5. The summed E-state index contributed by atoms with van der Waals surface area (Å²) < 4.78 is 11.1. The average molecular weight is 378 g/mol. The SMILES string of the molecule is CCCC(=O)c1cnc2c(OC(C)OC)cccc2c1Nc1ccccc1C. The number of anilines is 2. The third kappa shape index (κ3) is 4.15. The van der Waals surface area contributed by atoms with Crippen molar-refractivity contribution in [3.63, 3.8) is 0 Å². The fraction of sp³-hybridized carbons (Fsp3) is 0.304. The molecule has 1 aromatic heterocycles. The summed E-state index contributed by atoms with van der Waals surface area (Å²) in [5.74, 6) is 0.693. The molecule has 0 radical (unpaired) electrons. The van der Waals surface area contributed by atoms with Gasteiger partial charge < -0.3 is 14.8 Å². The van der Waals surface area contributed by atoms with E-state index in [4.69, 9.17) is 9.47 Å². The van der Waals surface area contributed by atoms with Gasteiger partial charge in [0.05, 0.1) is 11.3 Å². The number of carbonyl (C=O) groups excluding carboxylic acids is 1. The Morgan fingerprint density at radius 1 is 1.18 bits per heavy atom. The Morgan fingerprint density at radius 2 is 1.96 bits per heavy atom. The van der Waals surface area contributed by atoms with Crippen LogP contribution in [-0.2, 0) is 4.74 Å². The van der Waals surface area contributed by atoms with E-state index >= 15 is 0 Å². The Morgan fingerprint density at radius 3 is 2.68 bits per heavy atom. The Balaban J connectivity index is 2.17. The van der Waals surface area contributed by atoms with E-state index in [1.807, 2.05) is 63.2 Å². The smallest absolute Gasteiger partial charge is 0.196 e. The zero-order chi connectivity index (χ0) is 20.1. The number of ketones is 1. The third-order valence-corrected chi connectivity index (χ3v) is 4.67. The number of ether oxygens (including phenoxy) is 2. The highest BCUT2D eigenvalue weighted by Gasteiger charge is 2.18. The maximum atomic E-state index is 12.8. The maximum absolute atomic E-state index is 12.8. The van der Waals surface area contributed by atoms with E-state index in [-0.39, 0.29) is 5.78 Å². The summed E-state index contributed by atoms with van der Waals surface area (Å²) in [4.78, 5) is 17.3. The fourth-order valence-electron chi connectivity index (χ4n) is 3.07. The predicted octanol–water partition coefficient (Wildman–Crippen LogP) is 5.64. The lowest BCUT2D eigenvalue weighted by Gasteiger charge is -2.18. The number of para-hydroxylation sites is 2. The molecule has 1 unspecified atom stereocenters. The minimum Gasteiger partial charge on any atom is -0.463 e. The fourth-order valence-corrected chi connectivity index (χ4v) is 3.07. The molecule has 3 rings (SSSR count). The number of carbonyl (C=O) groups is 1. The summed E-state index contributed by atoms with van der Waals surface area (Å²) in [7, 11) is 1.59. The Bertz CT molecular complexity index is 985. The molecule has 0 aliphatic carbocycles. The molecule has 0 bridgehead atoms. The van der Waals surface area contributed by atoms with Gasteiger partial charge in [-0.1, -0.05) is 37.3 Å². The van der Waals surface area contributed by atoms with Crippen molar-refractivity contribution in [2.45, 2.75) is 39.9 Å². The Labute approximate surface area is 165 Å². The first kappa shape index (κ1) is 19.8. The summed E-state index contributed by atoms with van der Waals surface area (Å²) in [5, 5.41) is 4.31. The molecule has 5 nitrogen and oxygen atoms in total. The van der Waals surface area contributed by atoms with Crippen molar-refractivity contribution in [2.24, 2.45) is 0 Å². The zero-order valence-electron chi connectivity index (χ0n) is 16.8. The van der Waals surface area contributed by atoms with Gasteiger partial charge >= 0.3 is 0 Å². The molecule has 28 heavy (non-hydrogen) atoms. The van der Waals surface area contributed by atoms with E-state index in [9.17, 15) is 4.79 Å². The zero-order valence-corrected chi connectivity index (χ0v) is 16.8. The first-order chi connectivity index (χ1) is 13.5. The van der Waals surface area contributed by atoms with Gasteiger partial charge in [-0.2, -0.15) is 0 Å². The molecule has 0 amide bonds. The molecule has 5 heteroatoms. The number of pyridine rings is 1. The molecule has 0 aliphatic heterocycles. The van der Waals surface area contributed by atoms with Crippen LogP contribution in [0, 0.1) is 6.92 Å². The van der Waals surface area contributed by atoms with Crippen LogP contribution in [0.2, 0.25) is 0 Å². The van der Waals surface area contributed by atoms with Crippen LogP contribution in [0.15, 0.2) is 48.7 Å². The largest absolute Gasteiger partial charge is 0.463 e. The molecule has 1 atom stereocenters. The van der Waals surface area contributed by atoms with Gasteiger partial charge in [0.15, 0.2) is 12.1 Å². The van der Waals surface area contributed by atoms with Crippen LogP contribution in [0.3, 0.4) is 0 Å². The van der Waals surface area contributed by atoms with Gasteiger partial charge in [0, 0.05) is 30.8 Å². The molecule has 1 heterocycles. The lowest BCUT2D eigenvalue weighted by molar-refractivity contribution is -0.0374. The first-order valence-corrected chi connectivity index (χ1v) is 9.52. The highest BCUT2D eigenvalue weighted by atomic mass is 16.7. The van der Waals surface area contributed by atoms with Crippen LogP contribution in [0.5, 0.6) is 5.75 Å². The average Bonchev–Trinajstić information content (AvgIpc) is 2.70. The van der Waals surface area contributed by atoms with Crippen molar-refractivity contribution in [3.8, 4) is 5.75 Å². The Hall–Kier alpha value is -2.92. The van der Waals surface area contributed by atoms with E-state index in [2.05, 4.69) is 10.3 Å². The van der Waals surface area contributed by atoms with Crippen molar-refractivity contribution in [1.29, 1.82) is 0 Å². The van der Waals surface area contributed by atoms with Crippen molar-refractivity contribution in [3.05, 3.63) is 59.8 Å². The molecule has 146 valence electrons. The van der Waals surface area contributed by atoms with Gasteiger partial charge in [-0.3, -0.25) is 9.78 Å². The predicted molar refractivity (Wildman–Crippen MR) is 113 cm³/mol. The van der Waals surface area contributed by atoms with E-state index < -0.39 is 6.29 Å². The second-order valence-electron chi connectivity index (χ2n) is 6.73. The lowest BCUT2D eigenvalue weighted by atomic mass is 10.0. The number of aromatic nitrogens is 1. The highest BCUT2D eigenvalue weighted by Crippen LogP contribution is 2.35. The maximum Gasteiger partial charge on any atom is 0.196 e. The summed E-state index contributed by atoms with van der Waals surface area (Å²) in [6.45, 7) is 5.86. The highest BCUT2D eigenvalue weighted by molar-refractivity contribution is 6.09. The number of methoxy groups -OCH3 is 1. The van der Waals surface area contributed by atoms with Gasteiger partial charge in [-0.25, -0.2) is 0 Å². The number of nitrogens with zero attached hydrogens (tertiary/aromatic N) is 1. The first-order valence-electron chi connectivity index (χ1n) is 9.52. The second-order valence-corrected chi connectivity index (χ2v) is 6.73. The summed E-state index contributed by atoms with van der Waals surface area (Å²) >= 11 is 0. The summed E-state index contributed by atoms with van der Waals surface area (Å²) in [6.07, 6.45) is 2.51. The minimum absolute atomic E-state index is 0.0737.